The number of benzene rings is 1. The summed E-state index contributed by atoms with van der Waals surface area (Å²) in [6.45, 7) is 1.94. The lowest BCUT2D eigenvalue weighted by Gasteiger charge is -2.22. The number of halogens is 1. The van der Waals surface area contributed by atoms with Crippen LogP contribution >= 0.6 is 22.6 Å². The summed E-state index contributed by atoms with van der Waals surface area (Å²) in [5, 5.41) is 0. The van der Waals surface area contributed by atoms with E-state index >= 15 is 0 Å². The van der Waals surface area contributed by atoms with Crippen molar-refractivity contribution < 1.29 is 9.59 Å². The lowest BCUT2D eigenvalue weighted by atomic mass is 10.1. The largest absolute Gasteiger partial charge is 0.272 e. The minimum absolute atomic E-state index is 0.0165. The molecule has 0 unspecified atom stereocenters. The Morgan fingerprint density at radius 1 is 1.18 bits per heavy atom. The summed E-state index contributed by atoms with van der Waals surface area (Å²) in [4.78, 5) is 25.6. The van der Waals surface area contributed by atoms with Gasteiger partial charge in [0.1, 0.15) is 0 Å². The molecule has 0 spiro atoms. The average molecular weight is 343 g/mol. The molecule has 0 bridgehead atoms. The van der Waals surface area contributed by atoms with E-state index in [1.165, 1.54) is 4.90 Å². The number of amides is 2. The summed E-state index contributed by atoms with van der Waals surface area (Å²) < 4.78 is 1.05. The smallest absolute Gasteiger partial charge is 0.261 e. The Labute approximate surface area is 114 Å². The van der Waals surface area contributed by atoms with Gasteiger partial charge in [-0.15, -0.1) is 0 Å². The van der Waals surface area contributed by atoms with E-state index in [4.69, 9.17) is 0 Å². The van der Waals surface area contributed by atoms with Crippen LogP contribution in [0.15, 0.2) is 24.3 Å². The van der Waals surface area contributed by atoms with Gasteiger partial charge in [0, 0.05) is 6.04 Å². The molecule has 0 saturated heterocycles. The molecule has 17 heavy (non-hydrogen) atoms. The zero-order chi connectivity index (χ0) is 12.4. The Bertz CT molecular complexity index is 423. The van der Waals surface area contributed by atoms with Crippen molar-refractivity contribution in [2.24, 2.45) is 0 Å². The third-order valence-corrected chi connectivity index (χ3v) is 3.78. The maximum atomic E-state index is 12.1. The average Bonchev–Trinajstić information content (AvgIpc) is 2.60. The Morgan fingerprint density at radius 2 is 1.71 bits per heavy atom. The van der Waals surface area contributed by atoms with Gasteiger partial charge in [-0.05, 0) is 36.3 Å². The predicted molar refractivity (Wildman–Crippen MR) is 74.5 cm³/mol. The molecule has 0 radical (unpaired) electrons. The molecule has 2 rings (SSSR count). The second kappa shape index (κ2) is 5.16. The van der Waals surface area contributed by atoms with Gasteiger partial charge in [-0.1, -0.05) is 34.7 Å². The fraction of sp³-hybridized carbons (Fsp3) is 0.385. The second-order valence-corrected chi connectivity index (χ2v) is 5.28. The number of carbonyl (C=O) groups is 2. The van der Waals surface area contributed by atoms with E-state index in [1.54, 1.807) is 24.3 Å². The van der Waals surface area contributed by atoms with Gasteiger partial charge in [0.2, 0.25) is 0 Å². The summed E-state index contributed by atoms with van der Waals surface area (Å²) >= 11 is 2.31. The van der Waals surface area contributed by atoms with Gasteiger partial charge in [-0.25, -0.2) is 0 Å². The van der Waals surface area contributed by atoms with Crippen molar-refractivity contribution >= 4 is 34.4 Å². The minimum Gasteiger partial charge on any atom is -0.272 e. The molecule has 90 valence electrons. The van der Waals surface area contributed by atoms with E-state index in [-0.39, 0.29) is 17.9 Å². The van der Waals surface area contributed by atoms with E-state index in [0.29, 0.717) is 11.1 Å². The van der Waals surface area contributed by atoms with Crippen molar-refractivity contribution in [3.05, 3.63) is 35.4 Å². The van der Waals surface area contributed by atoms with Crippen LogP contribution in [0.4, 0.5) is 0 Å². The van der Waals surface area contributed by atoms with Gasteiger partial charge in [0.15, 0.2) is 0 Å². The number of rotatable bonds is 4. The number of nitrogens with zero attached hydrogens (tertiary/aromatic N) is 1. The summed E-state index contributed by atoms with van der Waals surface area (Å²) in [7, 11) is 0. The molecule has 0 aliphatic carbocycles. The van der Waals surface area contributed by atoms with Crippen molar-refractivity contribution in [1.82, 2.24) is 4.90 Å². The van der Waals surface area contributed by atoms with Crippen LogP contribution in [-0.2, 0) is 0 Å². The Hall–Kier alpha value is -0.910. The van der Waals surface area contributed by atoms with Crippen molar-refractivity contribution in [3.63, 3.8) is 0 Å². The van der Waals surface area contributed by atoms with E-state index in [1.807, 2.05) is 6.92 Å². The first-order valence-corrected chi connectivity index (χ1v) is 7.22. The molecule has 3 nitrogen and oxygen atoms in total. The first kappa shape index (κ1) is 12.5. The maximum absolute atomic E-state index is 12.1. The van der Waals surface area contributed by atoms with Crippen LogP contribution in [0.5, 0.6) is 0 Å². The van der Waals surface area contributed by atoms with Gasteiger partial charge in [0.05, 0.1) is 11.1 Å². The quantitative estimate of drug-likeness (QED) is 0.479. The van der Waals surface area contributed by atoms with E-state index < -0.39 is 0 Å². The third-order valence-electron chi connectivity index (χ3n) is 3.02. The molecule has 0 fully saturated rings. The number of imide groups is 1. The van der Waals surface area contributed by atoms with E-state index in [9.17, 15) is 9.59 Å². The molecule has 2 amide bonds. The first-order valence-electron chi connectivity index (χ1n) is 5.69. The monoisotopic (exact) mass is 343 g/mol. The van der Waals surface area contributed by atoms with Crippen molar-refractivity contribution in [1.29, 1.82) is 0 Å². The summed E-state index contributed by atoms with van der Waals surface area (Å²) in [6, 6.07) is 7.02. The van der Waals surface area contributed by atoms with Crippen LogP contribution in [0.25, 0.3) is 0 Å². The van der Waals surface area contributed by atoms with Gasteiger partial charge in [-0.2, -0.15) is 0 Å². The fourth-order valence-electron chi connectivity index (χ4n) is 2.11. The molecule has 0 saturated carbocycles. The van der Waals surface area contributed by atoms with Crippen molar-refractivity contribution in [2.75, 3.05) is 4.43 Å². The van der Waals surface area contributed by atoms with Gasteiger partial charge in [-0.3, -0.25) is 14.5 Å². The van der Waals surface area contributed by atoms with Crippen LogP contribution in [0.1, 0.15) is 40.5 Å². The van der Waals surface area contributed by atoms with Crippen molar-refractivity contribution in [2.45, 2.75) is 25.8 Å². The van der Waals surface area contributed by atoms with Gasteiger partial charge >= 0.3 is 0 Å². The van der Waals surface area contributed by atoms with Gasteiger partial charge < -0.3 is 0 Å². The molecule has 0 N–H and O–H groups in total. The number of hydrogen-bond donors (Lipinski definition) is 0. The van der Waals surface area contributed by atoms with Crippen LogP contribution in [0.2, 0.25) is 0 Å². The lowest BCUT2D eigenvalue weighted by molar-refractivity contribution is 0.0590. The highest BCUT2D eigenvalue weighted by Crippen LogP contribution is 2.25. The lowest BCUT2D eigenvalue weighted by Crippen LogP contribution is -2.37. The van der Waals surface area contributed by atoms with Crippen molar-refractivity contribution in [3.8, 4) is 0 Å². The first-order chi connectivity index (χ1) is 8.16. The summed E-state index contributed by atoms with van der Waals surface area (Å²) in [5.41, 5.74) is 1.08. The maximum Gasteiger partial charge on any atom is 0.261 e. The zero-order valence-corrected chi connectivity index (χ0v) is 11.8. The molecule has 1 aliphatic heterocycles. The highest BCUT2D eigenvalue weighted by molar-refractivity contribution is 14.1. The number of alkyl halides is 1. The highest BCUT2D eigenvalue weighted by Gasteiger charge is 2.37. The Kier molecular flexibility index (Phi) is 3.81. The molecule has 1 heterocycles. The molecule has 1 aromatic rings. The Balaban J connectivity index is 2.24. The standard InChI is InChI=1S/C13H14INO2/c1-9(5-4-8-14)15-12(16)10-6-2-3-7-11(10)13(15)17/h2-3,6-7,9H,4-5,8H2,1H3/t9-/m0/s1. The van der Waals surface area contributed by atoms with E-state index in [0.717, 1.165) is 17.3 Å². The normalized spacial score (nSPS) is 16.2. The van der Waals surface area contributed by atoms with Gasteiger partial charge in [0.25, 0.3) is 11.8 Å². The molecule has 0 aromatic heterocycles. The predicted octanol–water partition coefficient (Wildman–Crippen LogP) is 2.89. The number of carbonyl (C=O) groups excluding carboxylic acids is 2. The molecule has 1 aliphatic rings. The van der Waals surface area contributed by atoms with Crippen LogP contribution < -0.4 is 0 Å². The minimum atomic E-state index is -0.147. The third kappa shape index (κ3) is 2.22. The molecule has 4 heteroatoms. The SMILES string of the molecule is C[C@@H](CCCI)N1C(=O)c2ccccc2C1=O. The molecule has 1 aromatic carbocycles. The summed E-state index contributed by atoms with van der Waals surface area (Å²) in [6.07, 6.45) is 1.89. The van der Waals surface area contributed by atoms with Crippen LogP contribution in [0.3, 0.4) is 0 Å². The van der Waals surface area contributed by atoms with Crippen LogP contribution in [-0.4, -0.2) is 27.2 Å². The zero-order valence-electron chi connectivity index (χ0n) is 9.65. The fourth-order valence-corrected chi connectivity index (χ4v) is 2.55. The van der Waals surface area contributed by atoms with Crippen LogP contribution in [0, 0.1) is 0 Å². The number of hydrogen-bond acceptors (Lipinski definition) is 2. The molecular weight excluding hydrogens is 329 g/mol. The molecule has 1 atom stereocenters. The van der Waals surface area contributed by atoms with E-state index in [2.05, 4.69) is 22.6 Å². The highest BCUT2D eigenvalue weighted by atomic mass is 127. The summed E-state index contributed by atoms with van der Waals surface area (Å²) in [5.74, 6) is -0.293. The second-order valence-electron chi connectivity index (χ2n) is 4.21. The topological polar surface area (TPSA) is 37.4 Å². The Morgan fingerprint density at radius 3 is 2.18 bits per heavy atom. The number of fused-ring (bicyclic) bond motifs is 1. The molecular formula is C13H14INO2.